The number of carbonyl (C=O) groups excluding carboxylic acids is 2. The number of carbonyl (C=O) groups is 3. The molecule has 0 spiro atoms. The molecule has 2 amide bonds. The Morgan fingerprint density at radius 3 is 2.29 bits per heavy atom. The molecule has 3 atom stereocenters. The molecule has 2 aliphatic carbocycles. The Balaban J connectivity index is 1.18. The average molecular weight is 463 g/mol. The highest BCUT2D eigenvalue weighted by molar-refractivity contribution is 5.86. The largest absolute Gasteiger partial charge is 0.480 e. The highest BCUT2D eigenvalue weighted by Crippen LogP contribution is 2.44. The van der Waals surface area contributed by atoms with E-state index in [1.165, 1.54) is 27.2 Å². The number of carboxylic acid groups (broad SMARTS) is 1. The van der Waals surface area contributed by atoms with E-state index >= 15 is 0 Å². The first-order valence-corrected chi connectivity index (χ1v) is 12.2. The SMILES string of the molecule is O=C(N[C@@H]1CCC[C@@H](C(=O)N2CCCC2C(=O)O)C1)OCC1c2ccccc2-c2ccccc21. The van der Waals surface area contributed by atoms with Crippen molar-refractivity contribution in [1.82, 2.24) is 10.2 Å². The molecule has 2 fully saturated rings. The van der Waals surface area contributed by atoms with Gasteiger partial charge in [-0.15, -0.1) is 0 Å². The summed E-state index contributed by atoms with van der Waals surface area (Å²) in [6.07, 6.45) is 3.61. The number of likely N-dealkylation sites (tertiary alicyclic amines) is 1. The van der Waals surface area contributed by atoms with Crippen LogP contribution in [-0.2, 0) is 14.3 Å². The zero-order valence-electron chi connectivity index (χ0n) is 19.1. The minimum atomic E-state index is -0.935. The van der Waals surface area contributed by atoms with Crippen LogP contribution in [0.15, 0.2) is 48.5 Å². The number of ether oxygens (including phenoxy) is 1. The Morgan fingerprint density at radius 1 is 0.941 bits per heavy atom. The van der Waals surface area contributed by atoms with E-state index in [0.29, 0.717) is 19.4 Å². The average Bonchev–Trinajstić information content (AvgIpc) is 3.46. The number of aliphatic carboxylic acids is 1. The molecular weight excluding hydrogens is 432 g/mol. The Hall–Kier alpha value is -3.35. The molecule has 5 rings (SSSR count). The summed E-state index contributed by atoms with van der Waals surface area (Å²) in [4.78, 5) is 38.7. The van der Waals surface area contributed by atoms with Crippen LogP contribution in [0.1, 0.15) is 55.6 Å². The summed E-state index contributed by atoms with van der Waals surface area (Å²) >= 11 is 0. The highest BCUT2D eigenvalue weighted by atomic mass is 16.5. The van der Waals surface area contributed by atoms with Crippen molar-refractivity contribution in [3.63, 3.8) is 0 Å². The predicted octanol–water partition coefficient (Wildman–Crippen LogP) is 4.16. The molecule has 2 N–H and O–H groups in total. The summed E-state index contributed by atoms with van der Waals surface area (Å²) < 4.78 is 5.66. The molecular formula is C27H30N2O5. The van der Waals surface area contributed by atoms with Crippen molar-refractivity contribution in [2.24, 2.45) is 5.92 Å². The van der Waals surface area contributed by atoms with Gasteiger partial charge in [0.25, 0.3) is 0 Å². The molecule has 0 radical (unpaired) electrons. The number of amides is 2. The first-order chi connectivity index (χ1) is 16.5. The minimum Gasteiger partial charge on any atom is -0.480 e. The first kappa shape index (κ1) is 22.4. The second-order valence-corrected chi connectivity index (χ2v) is 9.56. The van der Waals surface area contributed by atoms with Gasteiger partial charge in [-0.25, -0.2) is 9.59 Å². The molecule has 2 aromatic rings. The second-order valence-electron chi connectivity index (χ2n) is 9.56. The lowest BCUT2D eigenvalue weighted by Gasteiger charge is -2.32. The van der Waals surface area contributed by atoms with Gasteiger partial charge >= 0.3 is 12.1 Å². The van der Waals surface area contributed by atoms with Crippen LogP contribution in [0, 0.1) is 5.92 Å². The lowest BCUT2D eigenvalue weighted by molar-refractivity contribution is -0.150. The van der Waals surface area contributed by atoms with Gasteiger partial charge in [0, 0.05) is 24.4 Å². The van der Waals surface area contributed by atoms with Crippen molar-refractivity contribution in [1.29, 1.82) is 0 Å². The van der Waals surface area contributed by atoms with Gasteiger partial charge in [-0.1, -0.05) is 55.0 Å². The van der Waals surface area contributed by atoms with Crippen LogP contribution in [0.25, 0.3) is 11.1 Å². The molecule has 7 heteroatoms. The standard InChI is InChI=1S/C27H30N2O5/c30-25(29-14-6-13-24(29)26(31)32)17-7-5-8-18(15-17)28-27(33)34-16-23-21-11-3-1-9-19(21)20-10-2-4-12-22(20)23/h1-4,9-12,17-18,23-24H,5-8,13-16H2,(H,28,33)(H,31,32)/t17-,18-,24?/m1/s1. The van der Waals surface area contributed by atoms with Gasteiger partial charge in [0.15, 0.2) is 0 Å². The van der Waals surface area contributed by atoms with Crippen LogP contribution in [0.5, 0.6) is 0 Å². The molecule has 1 saturated heterocycles. The van der Waals surface area contributed by atoms with Gasteiger partial charge in [-0.3, -0.25) is 4.79 Å². The Bertz CT molecular complexity index is 1050. The van der Waals surface area contributed by atoms with Crippen molar-refractivity contribution in [2.75, 3.05) is 13.2 Å². The number of alkyl carbamates (subject to hydrolysis) is 1. The number of rotatable bonds is 5. The molecule has 1 saturated carbocycles. The second kappa shape index (κ2) is 9.49. The predicted molar refractivity (Wildman–Crippen MR) is 126 cm³/mol. The van der Waals surface area contributed by atoms with E-state index < -0.39 is 18.1 Å². The van der Waals surface area contributed by atoms with E-state index in [1.54, 1.807) is 0 Å². The molecule has 0 bridgehead atoms. The minimum absolute atomic E-state index is 0.00181. The normalized spacial score (nSPS) is 23.8. The zero-order chi connectivity index (χ0) is 23.7. The van der Waals surface area contributed by atoms with E-state index in [2.05, 4.69) is 29.6 Å². The third-order valence-electron chi connectivity index (χ3n) is 7.51. The number of benzene rings is 2. The van der Waals surface area contributed by atoms with Crippen molar-refractivity contribution in [2.45, 2.75) is 56.5 Å². The van der Waals surface area contributed by atoms with Gasteiger partial charge in [0.1, 0.15) is 12.6 Å². The molecule has 7 nitrogen and oxygen atoms in total. The number of nitrogens with one attached hydrogen (secondary N) is 1. The molecule has 2 aromatic carbocycles. The van der Waals surface area contributed by atoms with Crippen LogP contribution in [0.2, 0.25) is 0 Å². The van der Waals surface area contributed by atoms with Crippen molar-refractivity contribution in [3.05, 3.63) is 59.7 Å². The fourth-order valence-electron chi connectivity index (χ4n) is 5.87. The van der Waals surface area contributed by atoms with E-state index in [9.17, 15) is 19.5 Å². The van der Waals surface area contributed by atoms with Gasteiger partial charge in [0.05, 0.1) is 0 Å². The lowest BCUT2D eigenvalue weighted by atomic mass is 9.84. The van der Waals surface area contributed by atoms with Crippen LogP contribution in [0.3, 0.4) is 0 Å². The maximum Gasteiger partial charge on any atom is 0.407 e. The van der Waals surface area contributed by atoms with Crippen LogP contribution in [-0.4, -0.2) is 53.2 Å². The number of hydrogen-bond donors (Lipinski definition) is 2. The van der Waals surface area contributed by atoms with Crippen molar-refractivity contribution >= 4 is 18.0 Å². The van der Waals surface area contributed by atoms with Crippen LogP contribution in [0.4, 0.5) is 4.79 Å². The third-order valence-corrected chi connectivity index (χ3v) is 7.51. The third kappa shape index (κ3) is 4.27. The summed E-state index contributed by atoms with van der Waals surface area (Å²) in [5.41, 5.74) is 4.70. The fourth-order valence-corrected chi connectivity index (χ4v) is 5.87. The Labute approximate surface area is 199 Å². The number of carboxylic acids is 1. The highest BCUT2D eigenvalue weighted by Gasteiger charge is 2.39. The number of fused-ring (bicyclic) bond motifs is 3. The van der Waals surface area contributed by atoms with E-state index in [-0.39, 0.29) is 30.4 Å². The molecule has 1 aliphatic heterocycles. The monoisotopic (exact) mass is 462 g/mol. The maximum atomic E-state index is 13.0. The van der Waals surface area contributed by atoms with E-state index in [0.717, 1.165) is 25.7 Å². The molecule has 1 unspecified atom stereocenters. The van der Waals surface area contributed by atoms with E-state index in [1.807, 2.05) is 24.3 Å². The van der Waals surface area contributed by atoms with Crippen molar-refractivity contribution in [3.8, 4) is 11.1 Å². The van der Waals surface area contributed by atoms with Gasteiger partial charge < -0.3 is 20.1 Å². The number of nitrogens with zero attached hydrogens (tertiary/aromatic N) is 1. The van der Waals surface area contributed by atoms with Crippen LogP contribution >= 0.6 is 0 Å². The Kier molecular flexibility index (Phi) is 6.26. The van der Waals surface area contributed by atoms with Gasteiger partial charge in [0.2, 0.25) is 5.91 Å². The number of hydrogen-bond acceptors (Lipinski definition) is 4. The topological polar surface area (TPSA) is 95.9 Å². The van der Waals surface area contributed by atoms with Crippen LogP contribution < -0.4 is 5.32 Å². The van der Waals surface area contributed by atoms with E-state index in [4.69, 9.17) is 4.74 Å². The summed E-state index contributed by atoms with van der Waals surface area (Å²) in [5, 5.41) is 12.4. The molecule has 34 heavy (non-hydrogen) atoms. The Morgan fingerprint density at radius 2 is 1.62 bits per heavy atom. The summed E-state index contributed by atoms with van der Waals surface area (Å²) in [7, 11) is 0. The zero-order valence-corrected chi connectivity index (χ0v) is 19.1. The quantitative estimate of drug-likeness (QED) is 0.696. The van der Waals surface area contributed by atoms with Gasteiger partial charge in [-0.05, 0) is 54.4 Å². The summed E-state index contributed by atoms with van der Waals surface area (Å²) in [5.74, 6) is -1.28. The molecule has 1 heterocycles. The maximum absolute atomic E-state index is 13.0. The summed E-state index contributed by atoms with van der Waals surface area (Å²) in [6.45, 7) is 0.750. The smallest absolute Gasteiger partial charge is 0.407 e. The molecule has 3 aliphatic rings. The van der Waals surface area contributed by atoms with Crippen molar-refractivity contribution < 1.29 is 24.2 Å². The fraction of sp³-hybridized carbons (Fsp3) is 0.444. The van der Waals surface area contributed by atoms with Gasteiger partial charge in [-0.2, -0.15) is 0 Å². The molecule has 0 aromatic heterocycles. The summed E-state index contributed by atoms with van der Waals surface area (Å²) in [6, 6.07) is 15.6. The first-order valence-electron chi connectivity index (χ1n) is 12.2. The molecule has 178 valence electrons. The lowest BCUT2D eigenvalue weighted by Crippen LogP contribution is -2.47.